The van der Waals surface area contributed by atoms with Crippen molar-refractivity contribution < 1.29 is 104 Å². The summed E-state index contributed by atoms with van der Waals surface area (Å²) in [5, 5.41) is 0. The average molecular weight is 238 g/mol. The van der Waals surface area contributed by atoms with Crippen LogP contribution >= 0.6 is 0 Å². The van der Waals surface area contributed by atoms with Gasteiger partial charge in [-0.25, -0.2) is 0 Å². The first kappa shape index (κ1) is 19.1. The van der Waals surface area contributed by atoms with Crippen LogP contribution in [-0.2, 0) is 23.9 Å². The zero-order chi connectivity index (χ0) is 7.71. The SMILES string of the molecule is CS(=O)(=O)OS(C)(=O)=O.[H-].[H-].[K+].[Na+]. The Hall–Kier alpha value is 2.50. The second-order valence-electron chi connectivity index (χ2n) is 1.48. The Kier molecular flexibility index (Phi) is 12.0. The standard InChI is InChI=1S/C2H6O5S2.K.Na.2H/c1-8(3,4)7-9(2,5)6;;;;/h1-2H3;;;;/q;2*+1;2*-1. The Morgan fingerprint density at radius 3 is 1.18 bits per heavy atom. The van der Waals surface area contributed by atoms with Crippen molar-refractivity contribution in [2.75, 3.05) is 12.5 Å². The third-order valence-corrected chi connectivity index (χ3v) is 2.22. The molecule has 0 heterocycles. The van der Waals surface area contributed by atoms with Gasteiger partial charge >= 0.3 is 80.9 Å². The summed E-state index contributed by atoms with van der Waals surface area (Å²) in [4.78, 5) is 0. The number of hydrogen-bond acceptors (Lipinski definition) is 5. The van der Waals surface area contributed by atoms with E-state index >= 15 is 0 Å². The van der Waals surface area contributed by atoms with E-state index < -0.39 is 20.2 Å². The molecule has 60 valence electrons. The van der Waals surface area contributed by atoms with E-state index in [2.05, 4.69) is 3.63 Å². The summed E-state index contributed by atoms with van der Waals surface area (Å²) in [6.07, 6.45) is 1.32. The molecule has 0 atom stereocenters. The van der Waals surface area contributed by atoms with Crippen LogP contribution in [-0.4, -0.2) is 29.3 Å². The van der Waals surface area contributed by atoms with Crippen molar-refractivity contribution in [2.45, 2.75) is 0 Å². The van der Waals surface area contributed by atoms with E-state index in [9.17, 15) is 16.8 Å². The van der Waals surface area contributed by atoms with Crippen LogP contribution in [0.2, 0.25) is 0 Å². The van der Waals surface area contributed by atoms with Gasteiger partial charge in [-0.1, -0.05) is 0 Å². The summed E-state index contributed by atoms with van der Waals surface area (Å²) in [7, 11) is -7.74. The molecule has 0 N–H and O–H groups in total. The molecule has 0 saturated carbocycles. The molecule has 0 spiro atoms. The first-order chi connectivity index (χ1) is 3.71. The smallest absolute Gasteiger partial charge is 1.00 e. The summed E-state index contributed by atoms with van der Waals surface area (Å²) < 4.78 is 43.8. The fourth-order valence-corrected chi connectivity index (χ4v) is 2.02. The quantitative estimate of drug-likeness (QED) is 0.447. The Morgan fingerprint density at radius 2 is 1.18 bits per heavy atom. The fraction of sp³-hybridized carbons (Fsp3) is 1.00. The van der Waals surface area contributed by atoms with Crippen molar-refractivity contribution in [3.8, 4) is 0 Å². The van der Waals surface area contributed by atoms with Crippen molar-refractivity contribution in [3.63, 3.8) is 0 Å². The molecular formula is C2H8KNaO5S2. The van der Waals surface area contributed by atoms with Crippen LogP contribution in [0, 0.1) is 0 Å². The minimum absolute atomic E-state index is 0. The molecule has 0 rings (SSSR count). The van der Waals surface area contributed by atoms with Gasteiger partial charge in [-0.3, -0.25) is 0 Å². The van der Waals surface area contributed by atoms with E-state index in [-0.39, 0.29) is 83.8 Å². The Morgan fingerprint density at radius 1 is 1.00 bits per heavy atom. The third-order valence-electron chi connectivity index (χ3n) is 0.247. The molecule has 0 aliphatic rings. The summed E-state index contributed by atoms with van der Waals surface area (Å²) in [6, 6.07) is 0. The van der Waals surface area contributed by atoms with Crippen molar-refractivity contribution in [2.24, 2.45) is 0 Å². The van der Waals surface area contributed by atoms with Gasteiger partial charge in [-0.05, 0) is 0 Å². The zero-order valence-electron chi connectivity index (χ0n) is 8.86. The molecule has 0 aliphatic carbocycles. The van der Waals surface area contributed by atoms with Crippen molar-refractivity contribution >= 4 is 20.2 Å². The predicted octanol–water partition coefficient (Wildman–Crippen LogP) is -6.84. The maximum atomic E-state index is 10.0. The molecule has 0 amide bonds. The summed E-state index contributed by atoms with van der Waals surface area (Å²) in [5.74, 6) is 0. The van der Waals surface area contributed by atoms with Gasteiger partial charge < -0.3 is 2.85 Å². The monoisotopic (exact) mass is 238 g/mol. The average Bonchev–Trinajstić information content (AvgIpc) is 1.14. The molecule has 5 nitrogen and oxygen atoms in total. The van der Waals surface area contributed by atoms with Crippen LogP contribution in [0.5, 0.6) is 0 Å². The molecule has 0 aromatic rings. The van der Waals surface area contributed by atoms with Gasteiger partial charge in [0.1, 0.15) is 0 Å². The molecule has 11 heavy (non-hydrogen) atoms. The maximum Gasteiger partial charge on any atom is 1.00 e. The second kappa shape index (κ2) is 6.88. The molecule has 0 aromatic carbocycles. The first-order valence-electron chi connectivity index (χ1n) is 1.82. The van der Waals surface area contributed by atoms with Crippen LogP contribution in [0.1, 0.15) is 2.85 Å². The number of hydrogen-bond donors (Lipinski definition) is 0. The summed E-state index contributed by atoms with van der Waals surface area (Å²) >= 11 is 0. The van der Waals surface area contributed by atoms with Gasteiger partial charge in [0.2, 0.25) is 0 Å². The minimum atomic E-state index is -3.87. The molecule has 0 bridgehead atoms. The van der Waals surface area contributed by atoms with E-state index in [1.54, 1.807) is 0 Å². The third kappa shape index (κ3) is 19.1. The molecule has 0 aliphatic heterocycles. The zero-order valence-corrected chi connectivity index (χ0v) is 13.6. The van der Waals surface area contributed by atoms with Crippen LogP contribution in [0.4, 0.5) is 0 Å². The van der Waals surface area contributed by atoms with E-state index in [0.29, 0.717) is 12.5 Å². The van der Waals surface area contributed by atoms with Crippen molar-refractivity contribution in [1.29, 1.82) is 0 Å². The van der Waals surface area contributed by atoms with Crippen LogP contribution in [0.3, 0.4) is 0 Å². The number of rotatable bonds is 2. The molecule has 0 aromatic heterocycles. The van der Waals surface area contributed by atoms with E-state index in [1.165, 1.54) is 0 Å². The van der Waals surface area contributed by atoms with Gasteiger partial charge in [-0.15, -0.1) is 3.63 Å². The second-order valence-corrected chi connectivity index (χ2v) is 4.84. The maximum absolute atomic E-state index is 10.0. The molecule has 0 radical (unpaired) electrons. The van der Waals surface area contributed by atoms with Crippen LogP contribution < -0.4 is 80.9 Å². The molecular weight excluding hydrogens is 230 g/mol. The molecule has 0 fully saturated rings. The van der Waals surface area contributed by atoms with Gasteiger partial charge in [0.25, 0.3) is 20.2 Å². The van der Waals surface area contributed by atoms with E-state index in [1.807, 2.05) is 0 Å². The molecule has 0 saturated heterocycles. The topological polar surface area (TPSA) is 77.5 Å². The Bertz CT molecular complexity index is 256. The van der Waals surface area contributed by atoms with Crippen molar-refractivity contribution in [3.05, 3.63) is 0 Å². The van der Waals surface area contributed by atoms with E-state index in [4.69, 9.17) is 0 Å². The summed E-state index contributed by atoms with van der Waals surface area (Å²) in [5.41, 5.74) is 0. The van der Waals surface area contributed by atoms with Crippen molar-refractivity contribution in [1.82, 2.24) is 0 Å². The molecule has 9 heteroatoms. The van der Waals surface area contributed by atoms with Gasteiger partial charge in [0.15, 0.2) is 0 Å². The Balaban J connectivity index is -0.0000000533. The minimum Gasteiger partial charge on any atom is -1.00 e. The first-order valence-corrected chi connectivity index (χ1v) is 5.45. The fourth-order valence-electron chi connectivity index (χ4n) is 0.225. The molecule has 0 unspecified atom stereocenters. The van der Waals surface area contributed by atoms with Gasteiger partial charge in [-0.2, -0.15) is 16.8 Å². The predicted molar refractivity (Wildman–Crippen MR) is 33.0 cm³/mol. The largest absolute Gasteiger partial charge is 1.00 e. The summed E-state index contributed by atoms with van der Waals surface area (Å²) in [6.45, 7) is 0. The van der Waals surface area contributed by atoms with Crippen LogP contribution in [0.25, 0.3) is 0 Å². The van der Waals surface area contributed by atoms with Gasteiger partial charge in [0, 0.05) is 0 Å². The van der Waals surface area contributed by atoms with Gasteiger partial charge in [0.05, 0.1) is 12.5 Å². The van der Waals surface area contributed by atoms with Crippen LogP contribution in [0.15, 0.2) is 0 Å². The normalized spacial score (nSPS) is 11.1. The van der Waals surface area contributed by atoms with E-state index in [0.717, 1.165) is 0 Å². The Labute approximate surface area is 134 Å².